The van der Waals surface area contributed by atoms with Gasteiger partial charge in [0.2, 0.25) is 5.91 Å². The fourth-order valence-electron chi connectivity index (χ4n) is 3.05. The van der Waals surface area contributed by atoms with Gasteiger partial charge in [-0.05, 0) is 32.6 Å². The molecule has 2 fully saturated rings. The average molecular weight is 356 g/mol. The molecule has 142 valence electrons. The molecule has 1 N–H and O–H groups in total. The minimum atomic E-state index is -0.731. The molecule has 0 bridgehead atoms. The van der Waals surface area contributed by atoms with Gasteiger partial charge < -0.3 is 24.4 Å². The fraction of sp³-hybridized carbons (Fsp3) is 0.824. The number of likely N-dealkylation sites (tertiary alicyclic amines) is 1. The molecule has 2 amide bonds. The summed E-state index contributed by atoms with van der Waals surface area (Å²) in [6.45, 7) is 4.90. The molecule has 2 saturated heterocycles. The topological polar surface area (TPSA) is 94.2 Å². The first kappa shape index (κ1) is 19.7. The molecule has 0 saturated carbocycles. The van der Waals surface area contributed by atoms with Gasteiger partial charge in [-0.1, -0.05) is 0 Å². The van der Waals surface area contributed by atoms with Gasteiger partial charge in [0, 0.05) is 32.7 Å². The standard InChI is InChI=1S/C17H28N2O6/c1-12(24-10-15-6-4-8-23-15)17(22)25-11-16(21)19-7-3-5-14(9-19)18-13(2)20/h12,14-15H,3-11H2,1-2H3,(H,18,20). The van der Waals surface area contributed by atoms with E-state index in [2.05, 4.69) is 5.32 Å². The third kappa shape index (κ3) is 6.62. The molecule has 2 rings (SSSR count). The Balaban J connectivity index is 1.67. The van der Waals surface area contributed by atoms with Gasteiger partial charge in [0.1, 0.15) is 0 Å². The molecule has 0 aromatic heterocycles. The fourth-order valence-corrected chi connectivity index (χ4v) is 3.05. The van der Waals surface area contributed by atoms with Crippen molar-refractivity contribution in [1.29, 1.82) is 0 Å². The van der Waals surface area contributed by atoms with E-state index in [0.29, 0.717) is 19.7 Å². The third-order valence-electron chi connectivity index (χ3n) is 4.41. The van der Waals surface area contributed by atoms with Gasteiger partial charge in [0.15, 0.2) is 12.7 Å². The number of esters is 1. The van der Waals surface area contributed by atoms with Crippen molar-refractivity contribution in [2.75, 3.05) is 32.9 Å². The number of nitrogens with one attached hydrogen (secondary N) is 1. The van der Waals surface area contributed by atoms with E-state index < -0.39 is 12.1 Å². The van der Waals surface area contributed by atoms with Crippen LogP contribution in [0.25, 0.3) is 0 Å². The van der Waals surface area contributed by atoms with Crippen LogP contribution in [0.4, 0.5) is 0 Å². The summed E-state index contributed by atoms with van der Waals surface area (Å²) in [6, 6.07) is -0.0421. The van der Waals surface area contributed by atoms with Gasteiger partial charge in [0.05, 0.1) is 12.7 Å². The van der Waals surface area contributed by atoms with E-state index in [1.807, 2.05) is 0 Å². The monoisotopic (exact) mass is 356 g/mol. The number of piperidine rings is 1. The van der Waals surface area contributed by atoms with Crippen LogP contribution in [-0.4, -0.2) is 73.8 Å². The molecule has 3 unspecified atom stereocenters. The largest absolute Gasteiger partial charge is 0.454 e. The van der Waals surface area contributed by atoms with E-state index in [4.69, 9.17) is 14.2 Å². The van der Waals surface area contributed by atoms with Crippen LogP contribution in [0.15, 0.2) is 0 Å². The first-order chi connectivity index (χ1) is 12.0. The Bertz CT molecular complexity index is 478. The highest BCUT2D eigenvalue weighted by Crippen LogP contribution is 2.13. The molecular weight excluding hydrogens is 328 g/mol. The van der Waals surface area contributed by atoms with Crippen LogP contribution in [0.1, 0.15) is 39.5 Å². The molecule has 2 aliphatic rings. The van der Waals surface area contributed by atoms with Gasteiger partial charge >= 0.3 is 5.97 Å². The quantitative estimate of drug-likeness (QED) is 0.657. The molecule has 0 aliphatic carbocycles. The summed E-state index contributed by atoms with van der Waals surface area (Å²) in [4.78, 5) is 36.9. The molecular formula is C17H28N2O6. The minimum Gasteiger partial charge on any atom is -0.454 e. The maximum absolute atomic E-state index is 12.2. The summed E-state index contributed by atoms with van der Waals surface area (Å²) in [5, 5.41) is 2.82. The van der Waals surface area contributed by atoms with Crippen molar-refractivity contribution in [3.8, 4) is 0 Å². The summed E-state index contributed by atoms with van der Waals surface area (Å²) >= 11 is 0. The zero-order valence-electron chi connectivity index (χ0n) is 15.0. The first-order valence-electron chi connectivity index (χ1n) is 8.90. The summed E-state index contributed by atoms with van der Waals surface area (Å²) in [5.41, 5.74) is 0. The van der Waals surface area contributed by atoms with Crippen molar-refractivity contribution in [2.45, 2.75) is 57.8 Å². The molecule has 0 radical (unpaired) electrons. The van der Waals surface area contributed by atoms with Gasteiger partial charge in [-0.15, -0.1) is 0 Å². The normalized spacial score (nSPS) is 24.6. The van der Waals surface area contributed by atoms with E-state index in [-0.39, 0.29) is 30.6 Å². The summed E-state index contributed by atoms with van der Waals surface area (Å²) in [7, 11) is 0. The zero-order chi connectivity index (χ0) is 18.2. The summed E-state index contributed by atoms with van der Waals surface area (Å²) < 4.78 is 16.0. The number of rotatable bonds is 7. The minimum absolute atomic E-state index is 0.0379. The molecule has 0 spiro atoms. The van der Waals surface area contributed by atoms with Gasteiger partial charge in [-0.3, -0.25) is 9.59 Å². The van der Waals surface area contributed by atoms with Crippen LogP contribution in [-0.2, 0) is 28.6 Å². The Morgan fingerprint density at radius 3 is 2.76 bits per heavy atom. The Kier molecular flexibility index (Phi) is 7.64. The maximum Gasteiger partial charge on any atom is 0.335 e. The molecule has 3 atom stereocenters. The van der Waals surface area contributed by atoms with Crippen molar-refractivity contribution in [2.24, 2.45) is 0 Å². The number of nitrogens with zero attached hydrogens (tertiary/aromatic N) is 1. The van der Waals surface area contributed by atoms with Gasteiger partial charge in [-0.2, -0.15) is 0 Å². The summed E-state index contributed by atoms with van der Waals surface area (Å²) in [5.74, 6) is -0.917. The van der Waals surface area contributed by atoms with Crippen molar-refractivity contribution in [3.63, 3.8) is 0 Å². The van der Waals surface area contributed by atoms with E-state index in [9.17, 15) is 14.4 Å². The second-order valence-electron chi connectivity index (χ2n) is 6.60. The number of carbonyl (C=O) groups is 3. The van der Waals surface area contributed by atoms with E-state index in [1.54, 1.807) is 11.8 Å². The van der Waals surface area contributed by atoms with Crippen molar-refractivity contribution >= 4 is 17.8 Å². The number of amides is 2. The lowest BCUT2D eigenvalue weighted by molar-refractivity contribution is -0.163. The highest BCUT2D eigenvalue weighted by atomic mass is 16.6. The molecule has 2 heterocycles. The predicted molar refractivity (Wildman–Crippen MR) is 88.8 cm³/mol. The average Bonchev–Trinajstić information content (AvgIpc) is 3.10. The second-order valence-corrected chi connectivity index (χ2v) is 6.60. The Morgan fingerprint density at radius 1 is 1.28 bits per heavy atom. The Morgan fingerprint density at radius 2 is 2.08 bits per heavy atom. The van der Waals surface area contributed by atoms with Crippen molar-refractivity contribution < 1.29 is 28.6 Å². The van der Waals surface area contributed by atoms with Crippen molar-refractivity contribution in [3.05, 3.63) is 0 Å². The highest BCUT2D eigenvalue weighted by Gasteiger charge is 2.26. The van der Waals surface area contributed by atoms with Crippen LogP contribution in [0.2, 0.25) is 0 Å². The number of carbonyl (C=O) groups excluding carboxylic acids is 3. The number of hydrogen-bond donors (Lipinski definition) is 1. The molecule has 25 heavy (non-hydrogen) atoms. The number of hydrogen-bond acceptors (Lipinski definition) is 6. The Hall–Kier alpha value is -1.67. The molecule has 8 nitrogen and oxygen atoms in total. The SMILES string of the molecule is CC(=O)NC1CCCN(C(=O)COC(=O)C(C)OCC2CCCO2)C1. The molecule has 2 aliphatic heterocycles. The van der Waals surface area contributed by atoms with Gasteiger partial charge in [0.25, 0.3) is 5.91 Å². The highest BCUT2D eigenvalue weighted by molar-refractivity contribution is 5.82. The van der Waals surface area contributed by atoms with Crippen LogP contribution < -0.4 is 5.32 Å². The van der Waals surface area contributed by atoms with Crippen LogP contribution >= 0.6 is 0 Å². The van der Waals surface area contributed by atoms with Crippen LogP contribution in [0, 0.1) is 0 Å². The van der Waals surface area contributed by atoms with E-state index in [0.717, 1.165) is 32.3 Å². The lowest BCUT2D eigenvalue weighted by Crippen LogP contribution is -2.50. The molecule has 0 aromatic carbocycles. The third-order valence-corrected chi connectivity index (χ3v) is 4.41. The second kappa shape index (κ2) is 9.72. The lowest BCUT2D eigenvalue weighted by Gasteiger charge is -2.32. The Labute approximate surface area is 148 Å². The van der Waals surface area contributed by atoms with Crippen molar-refractivity contribution in [1.82, 2.24) is 10.2 Å². The van der Waals surface area contributed by atoms with Crippen LogP contribution in [0.3, 0.4) is 0 Å². The first-order valence-corrected chi connectivity index (χ1v) is 8.90. The maximum atomic E-state index is 12.2. The predicted octanol–water partition coefficient (Wildman–Crippen LogP) is 0.241. The summed E-state index contributed by atoms with van der Waals surface area (Å²) in [6.07, 6.45) is 2.91. The van der Waals surface area contributed by atoms with Crippen LogP contribution in [0.5, 0.6) is 0 Å². The smallest absolute Gasteiger partial charge is 0.335 e. The molecule has 8 heteroatoms. The van der Waals surface area contributed by atoms with Gasteiger partial charge in [-0.25, -0.2) is 4.79 Å². The lowest BCUT2D eigenvalue weighted by atomic mass is 10.1. The number of ether oxygens (including phenoxy) is 3. The molecule has 0 aromatic rings. The van der Waals surface area contributed by atoms with E-state index in [1.165, 1.54) is 6.92 Å². The van der Waals surface area contributed by atoms with E-state index >= 15 is 0 Å². The zero-order valence-corrected chi connectivity index (χ0v) is 15.0.